The molecule has 1 amide bonds. The largest absolute Gasteiger partial charge is 0.484 e. The van der Waals surface area contributed by atoms with Crippen LogP contribution in [0.4, 0.5) is 0 Å². The normalized spacial score (nSPS) is 13.5. The zero-order valence-electron chi connectivity index (χ0n) is 17.1. The highest BCUT2D eigenvalue weighted by Gasteiger charge is 2.18. The summed E-state index contributed by atoms with van der Waals surface area (Å²) in [7, 11) is 0. The summed E-state index contributed by atoms with van der Waals surface area (Å²) in [6.07, 6.45) is 4.44. The molecule has 1 N–H and O–H groups in total. The van der Waals surface area contributed by atoms with Gasteiger partial charge in [0.2, 0.25) is 0 Å². The monoisotopic (exact) mass is 403 g/mol. The van der Waals surface area contributed by atoms with Crippen LogP contribution in [0.2, 0.25) is 0 Å². The van der Waals surface area contributed by atoms with E-state index < -0.39 is 0 Å². The number of nitrogens with one attached hydrogen (secondary N) is 1. The van der Waals surface area contributed by atoms with E-state index in [0.717, 1.165) is 46.4 Å². The van der Waals surface area contributed by atoms with Gasteiger partial charge in [-0.15, -0.1) is 0 Å². The zero-order chi connectivity index (χ0) is 20.5. The predicted octanol–water partition coefficient (Wildman–Crippen LogP) is 4.16. The standard InChI is InChI=1S/C24H25N3O3/c1-16-26-20-7-3-4-8-21(20)27(16)13-12-25-24(28)15-29-17-10-11-23-19(14-17)18-6-2-5-9-22(18)30-23/h3-4,7-8,10-11,14H,2,5-6,9,12-13,15H2,1H3,(H,25,28). The van der Waals surface area contributed by atoms with E-state index in [-0.39, 0.29) is 12.5 Å². The fraction of sp³-hybridized carbons (Fsp3) is 0.333. The molecule has 0 unspecified atom stereocenters. The van der Waals surface area contributed by atoms with Gasteiger partial charge in [-0.2, -0.15) is 0 Å². The number of aromatic nitrogens is 2. The van der Waals surface area contributed by atoms with Crippen LogP contribution in [-0.4, -0.2) is 28.6 Å². The molecule has 2 aromatic carbocycles. The summed E-state index contributed by atoms with van der Waals surface area (Å²) in [5.74, 6) is 2.61. The first kappa shape index (κ1) is 18.7. The van der Waals surface area contributed by atoms with Gasteiger partial charge in [-0.3, -0.25) is 4.79 Å². The van der Waals surface area contributed by atoms with Crippen molar-refractivity contribution in [2.45, 2.75) is 39.2 Å². The number of furan rings is 1. The molecule has 0 saturated carbocycles. The summed E-state index contributed by atoms with van der Waals surface area (Å²) < 4.78 is 13.8. The molecule has 0 saturated heterocycles. The van der Waals surface area contributed by atoms with Crippen molar-refractivity contribution in [3.05, 3.63) is 59.6 Å². The molecule has 6 heteroatoms. The predicted molar refractivity (Wildman–Crippen MR) is 116 cm³/mol. The average Bonchev–Trinajstić information content (AvgIpc) is 3.29. The highest BCUT2D eigenvalue weighted by molar-refractivity contribution is 5.84. The van der Waals surface area contributed by atoms with Gasteiger partial charge in [0.05, 0.1) is 11.0 Å². The van der Waals surface area contributed by atoms with Gasteiger partial charge in [0, 0.05) is 30.5 Å². The number of imidazole rings is 1. The first-order valence-electron chi connectivity index (χ1n) is 10.5. The van der Waals surface area contributed by atoms with E-state index >= 15 is 0 Å². The summed E-state index contributed by atoms with van der Waals surface area (Å²) in [5.41, 5.74) is 4.26. The van der Waals surface area contributed by atoms with Gasteiger partial charge >= 0.3 is 0 Å². The molecular formula is C24H25N3O3. The molecule has 2 aromatic heterocycles. The quantitative estimate of drug-likeness (QED) is 0.525. The second-order valence-electron chi connectivity index (χ2n) is 7.81. The van der Waals surface area contributed by atoms with E-state index in [0.29, 0.717) is 18.8 Å². The molecule has 4 aromatic rings. The summed E-state index contributed by atoms with van der Waals surface area (Å²) in [6.45, 7) is 3.17. The molecule has 6 nitrogen and oxygen atoms in total. The van der Waals surface area contributed by atoms with Crippen molar-refractivity contribution < 1.29 is 13.9 Å². The minimum Gasteiger partial charge on any atom is -0.484 e. The van der Waals surface area contributed by atoms with Crippen molar-refractivity contribution in [2.24, 2.45) is 0 Å². The Hall–Kier alpha value is -3.28. The third-order valence-electron chi connectivity index (χ3n) is 5.80. The first-order chi connectivity index (χ1) is 14.7. The van der Waals surface area contributed by atoms with E-state index in [1.807, 2.05) is 49.4 Å². The number of hydrogen-bond donors (Lipinski definition) is 1. The lowest BCUT2D eigenvalue weighted by Gasteiger charge is -2.10. The third kappa shape index (κ3) is 3.54. The number of carbonyl (C=O) groups is 1. The zero-order valence-corrected chi connectivity index (χ0v) is 17.1. The second kappa shape index (κ2) is 7.86. The molecule has 0 radical (unpaired) electrons. The number of fused-ring (bicyclic) bond motifs is 4. The van der Waals surface area contributed by atoms with Gasteiger partial charge in [-0.1, -0.05) is 12.1 Å². The number of benzene rings is 2. The van der Waals surface area contributed by atoms with Crippen molar-refractivity contribution >= 4 is 27.9 Å². The number of carbonyl (C=O) groups excluding carboxylic acids is 1. The molecule has 2 heterocycles. The number of amides is 1. The van der Waals surface area contributed by atoms with Crippen LogP contribution in [0.25, 0.3) is 22.0 Å². The van der Waals surface area contributed by atoms with Crippen molar-refractivity contribution in [1.29, 1.82) is 0 Å². The van der Waals surface area contributed by atoms with Crippen molar-refractivity contribution in [3.8, 4) is 5.75 Å². The molecular weight excluding hydrogens is 378 g/mol. The molecule has 0 fully saturated rings. The Morgan fingerprint density at radius 1 is 1.20 bits per heavy atom. The number of ether oxygens (including phenoxy) is 1. The number of rotatable bonds is 6. The minimum atomic E-state index is -0.133. The summed E-state index contributed by atoms with van der Waals surface area (Å²) in [4.78, 5) is 16.8. The van der Waals surface area contributed by atoms with E-state index in [1.165, 1.54) is 18.4 Å². The Bertz CT molecular complexity index is 1220. The molecule has 5 rings (SSSR count). The smallest absolute Gasteiger partial charge is 0.258 e. The van der Waals surface area contributed by atoms with Crippen molar-refractivity contribution in [3.63, 3.8) is 0 Å². The average molecular weight is 403 g/mol. The lowest BCUT2D eigenvalue weighted by Crippen LogP contribution is -2.31. The van der Waals surface area contributed by atoms with Crippen LogP contribution < -0.4 is 10.1 Å². The molecule has 1 aliphatic carbocycles. The molecule has 0 aliphatic heterocycles. The topological polar surface area (TPSA) is 69.3 Å². The maximum Gasteiger partial charge on any atom is 0.258 e. The minimum absolute atomic E-state index is 0.00475. The molecule has 0 spiro atoms. The fourth-order valence-corrected chi connectivity index (χ4v) is 4.32. The number of nitrogens with zero attached hydrogens (tertiary/aromatic N) is 2. The number of aryl methyl sites for hydroxylation is 3. The summed E-state index contributed by atoms with van der Waals surface area (Å²) in [6, 6.07) is 13.8. The number of hydrogen-bond acceptors (Lipinski definition) is 4. The van der Waals surface area contributed by atoms with Crippen molar-refractivity contribution in [2.75, 3.05) is 13.2 Å². The van der Waals surface area contributed by atoms with Gasteiger partial charge in [-0.05, 0) is 56.5 Å². The van der Waals surface area contributed by atoms with Crippen LogP contribution in [0.5, 0.6) is 5.75 Å². The van der Waals surface area contributed by atoms with Gasteiger partial charge in [0.25, 0.3) is 5.91 Å². The Kier molecular flexibility index (Phi) is 4.91. The third-order valence-corrected chi connectivity index (χ3v) is 5.80. The molecule has 1 aliphatic rings. The van der Waals surface area contributed by atoms with E-state index in [1.54, 1.807) is 0 Å². The molecule has 30 heavy (non-hydrogen) atoms. The fourth-order valence-electron chi connectivity index (χ4n) is 4.32. The Morgan fingerprint density at radius 2 is 2.07 bits per heavy atom. The van der Waals surface area contributed by atoms with Gasteiger partial charge in [0.15, 0.2) is 6.61 Å². The summed E-state index contributed by atoms with van der Waals surface area (Å²) >= 11 is 0. The SMILES string of the molecule is Cc1nc2ccccc2n1CCNC(=O)COc1ccc2oc3c(c2c1)CCCC3. The van der Waals surface area contributed by atoms with Crippen LogP contribution in [0.15, 0.2) is 46.9 Å². The Morgan fingerprint density at radius 3 is 3.00 bits per heavy atom. The van der Waals surface area contributed by atoms with Crippen molar-refractivity contribution in [1.82, 2.24) is 14.9 Å². The van der Waals surface area contributed by atoms with Gasteiger partial charge in [-0.25, -0.2) is 4.98 Å². The molecule has 154 valence electrons. The van der Waals surface area contributed by atoms with Crippen LogP contribution in [0, 0.1) is 6.92 Å². The molecule has 0 atom stereocenters. The lowest BCUT2D eigenvalue weighted by molar-refractivity contribution is -0.123. The highest BCUT2D eigenvalue weighted by atomic mass is 16.5. The summed E-state index contributed by atoms with van der Waals surface area (Å²) in [5, 5.41) is 4.05. The highest BCUT2D eigenvalue weighted by Crippen LogP contribution is 2.33. The van der Waals surface area contributed by atoms with Gasteiger partial charge < -0.3 is 19.0 Å². The Balaban J connectivity index is 1.18. The lowest BCUT2D eigenvalue weighted by atomic mass is 9.96. The Labute approximate surface area is 174 Å². The maximum atomic E-state index is 12.3. The second-order valence-corrected chi connectivity index (χ2v) is 7.81. The van der Waals surface area contributed by atoms with Crippen LogP contribution in [-0.2, 0) is 24.2 Å². The van der Waals surface area contributed by atoms with E-state index in [2.05, 4.69) is 14.9 Å². The van der Waals surface area contributed by atoms with Crippen LogP contribution in [0.1, 0.15) is 30.0 Å². The van der Waals surface area contributed by atoms with Crippen LogP contribution >= 0.6 is 0 Å². The number of para-hydroxylation sites is 2. The van der Waals surface area contributed by atoms with E-state index in [9.17, 15) is 4.79 Å². The van der Waals surface area contributed by atoms with E-state index in [4.69, 9.17) is 9.15 Å². The maximum absolute atomic E-state index is 12.3. The van der Waals surface area contributed by atoms with Gasteiger partial charge in [0.1, 0.15) is 22.9 Å². The molecule has 0 bridgehead atoms. The first-order valence-corrected chi connectivity index (χ1v) is 10.5. The van der Waals surface area contributed by atoms with Crippen LogP contribution in [0.3, 0.4) is 0 Å².